The van der Waals surface area contributed by atoms with Crippen LogP contribution >= 0.6 is 0 Å². The Labute approximate surface area is 104 Å². The van der Waals surface area contributed by atoms with E-state index >= 15 is 0 Å². The fourth-order valence-corrected chi connectivity index (χ4v) is 2.15. The van der Waals surface area contributed by atoms with Crippen LogP contribution in [0.25, 0.3) is 5.43 Å². The maximum absolute atomic E-state index is 11.3. The predicted molar refractivity (Wildman–Crippen MR) is 45.3 cm³/mol. The molecule has 2 rings (SSSR count). The predicted octanol–water partition coefficient (Wildman–Crippen LogP) is -3.32. The number of rotatable bonds is 0. The van der Waals surface area contributed by atoms with Gasteiger partial charge < -0.3 is 21.4 Å². The number of nitrogens with two attached hydrogens (primary N) is 1. The van der Waals surface area contributed by atoms with Crippen LogP contribution in [0.3, 0.4) is 0 Å². The third-order valence-corrected chi connectivity index (χ3v) is 2.84. The minimum absolute atomic E-state index is 0. The van der Waals surface area contributed by atoms with Crippen LogP contribution in [0.5, 0.6) is 0 Å². The summed E-state index contributed by atoms with van der Waals surface area (Å²) < 4.78 is 0. The molecule has 0 bridgehead atoms. The number of hydrogen-bond donors (Lipinski definition) is 2. The zero-order valence-corrected chi connectivity index (χ0v) is 10.2. The molecule has 0 aromatic rings. The Bertz CT molecular complexity index is 259. The molecule has 6 heteroatoms. The van der Waals surface area contributed by atoms with Crippen molar-refractivity contribution in [1.82, 2.24) is 5.43 Å². The minimum Gasteiger partial charge on any atom is -0.564 e. The van der Waals surface area contributed by atoms with Gasteiger partial charge in [-0.15, -0.1) is 0 Å². The van der Waals surface area contributed by atoms with Gasteiger partial charge in [-0.2, -0.15) is 0 Å². The molecule has 1 saturated heterocycles. The van der Waals surface area contributed by atoms with Crippen molar-refractivity contribution in [2.75, 3.05) is 0 Å². The Balaban J connectivity index is 0.000000980. The third-order valence-electron chi connectivity index (χ3n) is 2.84. The van der Waals surface area contributed by atoms with E-state index in [4.69, 9.17) is 5.73 Å². The first kappa shape index (κ1) is 12.0. The smallest absolute Gasteiger partial charge is 0.564 e. The summed E-state index contributed by atoms with van der Waals surface area (Å²) in [5.74, 6) is -1.03. The van der Waals surface area contributed by atoms with Crippen LogP contribution in [0.4, 0.5) is 0 Å². The number of carbonyl (C=O) groups is 2. The van der Waals surface area contributed by atoms with Gasteiger partial charge in [0.1, 0.15) is 0 Å². The second kappa shape index (κ2) is 4.61. The Kier molecular flexibility index (Phi) is 3.94. The molecule has 1 aliphatic heterocycles. The molecule has 72 valence electrons. The zero-order valence-electron chi connectivity index (χ0n) is 8.19. The van der Waals surface area contributed by atoms with Gasteiger partial charge in [-0.25, -0.2) is 0 Å². The molecule has 2 fully saturated rings. The molecule has 5 nitrogen and oxygen atoms in total. The Morgan fingerprint density at radius 3 is 2.71 bits per heavy atom. The SMILES string of the molecule is NC1CCCC2C(=O)[N-]NC(=O)C12.[Na+]. The van der Waals surface area contributed by atoms with Crippen LogP contribution in [0.2, 0.25) is 0 Å². The van der Waals surface area contributed by atoms with Crippen molar-refractivity contribution in [2.24, 2.45) is 17.6 Å². The van der Waals surface area contributed by atoms with E-state index in [-0.39, 0.29) is 59.2 Å². The summed E-state index contributed by atoms with van der Waals surface area (Å²) >= 11 is 0. The van der Waals surface area contributed by atoms with Gasteiger partial charge in [0.05, 0.1) is 11.8 Å². The van der Waals surface area contributed by atoms with Crippen LogP contribution in [0.1, 0.15) is 19.3 Å². The maximum atomic E-state index is 11.3. The molecule has 14 heavy (non-hydrogen) atoms. The first-order valence-electron chi connectivity index (χ1n) is 4.50. The Morgan fingerprint density at radius 2 is 2.07 bits per heavy atom. The zero-order chi connectivity index (χ0) is 9.42. The molecule has 0 aromatic carbocycles. The summed E-state index contributed by atoms with van der Waals surface area (Å²) in [6, 6.07) is -0.182. The summed E-state index contributed by atoms with van der Waals surface area (Å²) in [4.78, 5) is 22.6. The van der Waals surface area contributed by atoms with Gasteiger partial charge in [-0.3, -0.25) is 4.79 Å². The molecule has 0 radical (unpaired) electrons. The number of carbonyl (C=O) groups excluding carboxylic acids is 2. The topological polar surface area (TPSA) is 86.3 Å². The average molecular weight is 205 g/mol. The van der Waals surface area contributed by atoms with Gasteiger partial charge in [-0.05, 0) is 12.8 Å². The van der Waals surface area contributed by atoms with E-state index < -0.39 is 0 Å². The quantitative estimate of drug-likeness (QED) is 0.406. The second-order valence-corrected chi connectivity index (χ2v) is 3.65. The van der Waals surface area contributed by atoms with Gasteiger partial charge in [0.2, 0.25) is 5.91 Å². The summed E-state index contributed by atoms with van der Waals surface area (Å²) in [5.41, 5.74) is 11.4. The van der Waals surface area contributed by atoms with Crippen LogP contribution in [-0.2, 0) is 9.59 Å². The molecule has 1 aliphatic carbocycles. The van der Waals surface area contributed by atoms with E-state index in [1.54, 1.807) is 0 Å². The minimum atomic E-state index is -0.348. The number of fused-ring (bicyclic) bond motifs is 1. The van der Waals surface area contributed by atoms with Crippen molar-refractivity contribution in [3.8, 4) is 0 Å². The molecule has 0 spiro atoms. The van der Waals surface area contributed by atoms with Crippen molar-refractivity contribution in [3.05, 3.63) is 5.43 Å². The first-order chi connectivity index (χ1) is 6.20. The normalized spacial score (nSPS) is 36.2. The molecule has 3 N–H and O–H groups in total. The monoisotopic (exact) mass is 205 g/mol. The number of nitrogens with one attached hydrogen (secondary N) is 1. The van der Waals surface area contributed by atoms with E-state index in [2.05, 4.69) is 10.9 Å². The Morgan fingerprint density at radius 1 is 1.36 bits per heavy atom. The van der Waals surface area contributed by atoms with Crippen molar-refractivity contribution in [2.45, 2.75) is 25.3 Å². The summed E-state index contributed by atoms with van der Waals surface area (Å²) in [7, 11) is 0. The molecule has 3 atom stereocenters. The summed E-state index contributed by atoms with van der Waals surface area (Å²) in [6.07, 6.45) is 2.48. The van der Waals surface area contributed by atoms with Crippen molar-refractivity contribution in [3.63, 3.8) is 0 Å². The van der Waals surface area contributed by atoms with Crippen LogP contribution in [0, 0.1) is 11.8 Å². The molecule has 2 amide bonds. The molecule has 3 unspecified atom stereocenters. The van der Waals surface area contributed by atoms with Crippen LogP contribution in [0.15, 0.2) is 0 Å². The largest absolute Gasteiger partial charge is 1.00 e. The maximum Gasteiger partial charge on any atom is 1.00 e. The van der Waals surface area contributed by atoms with Crippen molar-refractivity contribution >= 4 is 11.8 Å². The fraction of sp³-hybridized carbons (Fsp3) is 0.750. The molecule has 1 saturated carbocycles. The molecular formula is C8H12N3NaO2. The number of amides is 2. The van der Waals surface area contributed by atoms with Gasteiger partial charge in [0.25, 0.3) is 0 Å². The molecular weight excluding hydrogens is 193 g/mol. The number of hydrogen-bond acceptors (Lipinski definition) is 3. The van der Waals surface area contributed by atoms with Crippen molar-refractivity contribution < 1.29 is 39.1 Å². The first-order valence-corrected chi connectivity index (χ1v) is 4.50. The average Bonchev–Trinajstić information content (AvgIpc) is 2.12. The fourth-order valence-electron chi connectivity index (χ4n) is 2.15. The molecule has 1 heterocycles. The Hall–Kier alpha value is -0.100. The summed E-state index contributed by atoms with van der Waals surface area (Å²) in [6.45, 7) is 0. The van der Waals surface area contributed by atoms with E-state index in [0.29, 0.717) is 0 Å². The molecule has 2 aliphatic rings. The van der Waals surface area contributed by atoms with E-state index in [1.165, 1.54) is 0 Å². The summed E-state index contributed by atoms with van der Waals surface area (Å²) in [5, 5.41) is 0. The van der Waals surface area contributed by atoms with Gasteiger partial charge in [0, 0.05) is 12.0 Å². The van der Waals surface area contributed by atoms with E-state index in [1.807, 2.05) is 0 Å². The van der Waals surface area contributed by atoms with Gasteiger partial charge >= 0.3 is 29.6 Å². The van der Waals surface area contributed by atoms with Gasteiger partial charge in [0.15, 0.2) is 0 Å². The molecule has 0 aromatic heterocycles. The second-order valence-electron chi connectivity index (χ2n) is 3.65. The van der Waals surface area contributed by atoms with Crippen LogP contribution in [-0.4, -0.2) is 17.9 Å². The van der Waals surface area contributed by atoms with Gasteiger partial charge in [-0.1, -0.05) is 6.42 Å². The van der Waals surface area contributed by atoms with Crippen molar-refractivity contribution in [1.29, 1.82) is 0 Å². The third kappa shape index (κ3) is 1.95. The van der Waals surface area contributed by atoms with E-state index in [9.17, 15) is 9.59 Å². The van der Waals surface area contributed by atoms with E-state index in [0.717, 1.165) is 19.3 Å². The van der Waals surface area contributed by atoms with Crippen LogP contribution < -0.4 is 40.7 Å². The number of nitrogens with zero attached hydrogens (tertiary/aromatic N) is 1. The standard InChI is InChI=1S/C8H13N3O2.Na/c9-5-3-1-2-4-6(5)8(13)11-10-7(4)12;/h4-6H,1-3,9H2,(H2,10,11,12,13);/q;+1/p-1.